The highest BCUT2D eigenvalue weighted by molar-refractivity contribution is 6.14. The highest BCUT2D eigenvalue weighted by atomic mass is 16.5. The third kappa shape index (κ3) is 3.76. The second-order valence-corrected chi connectivity index (χ2v) is 6.69. The van der Waals surface area contributed by atoms with Crippen LogP contribution in [0.1, 0.15) is 27.6 Å². The van der Waals surface area contributed by atoms with Gasteiger partial charge in [0.2, 0.25) is 0 Å². The van der Waals surface area contributed by atoms with Crippen LogP contribution in [0.2, 0.25) is 0 Å². The van der Waals surface area contributed by atoms with E-state index in [4.69, 9.17) is 19.5 Å². The second-order valence-electron chi connectivity index (χ2n) is 6.69. The van der Waals surface area contributed by atoms with E-state index in [1.807, 2.05) is 66.7 Å². The number of hydrogen-bond acceptors (Lipinski definition) is 5. The van der Waals surface area contributed by atoms with Gasteiger partial charge in [-0.3, -0.25) is 4.79 Å². The maximum atomic E-state index is 13.3. The Balaban J connectivity index is 1.79. The molecule has 0 bridgehead atoms. The lowest BCUT2D eigenvalue weighted by Crippen LogP contribution is -2.23. The number of nitrogens with zero attached hydrogens (tertiary/aromatic N) is 1. The number of fused-ring (bicyclic) bond motifs is 1. The highest BCUT2D eigenvalue weighted by Gasteiger charge is 2.32. The molecule has 1 atom stereocenters. The van der Waals surface area contributed by atoms with Crippen LogP contribution < -0.4 is 14.2 Å². The largest absolute Gasteiger partial charge is 0.493 e. The Morgan fingerprint density at radius 2 is 1.80 bits per heavy atom. The number of carbonyl (C=O) groups is 1. The predicted molar refractivity (Wildman–Crippen MR) is 113 cm³/mol. The molecular weight excluding hydrogens is 378 g/mol. The van der Waals surface area contributed by atoms with Crippen LogP contribution in [0.5, 0.6) is 17.2 Å². The lowest BCUT2D eigenvalue weighted by Gasteiger charge is -2.28. The molecule has 0 unspecified atom stereocenters. The van der Waals surface area contributed by atoms with E-state index in [9.17, 15) is 4.79 Å². The minimum absolute atomic E-state index is 0.0734. The zero-order chi connectivity index (χ0) is 20.9. The molecule has 148 valence electrons. The Hall–Kier alpha value is -4.04. The van der Waals surface area contributed by atoms with Gasteiger partial charge in [-0.1, -0.05) is 48.5 Å². The van der Waals surface area contributed by atoms with E-state index in [0.29, 0.717) is 28.4 Å². The number of hydrogen-bond donors (Lipinski definition) is 0. The third-order valence-corrected chi connectivity index (χ3v) is 4.83. The Morgan fingerprint density at radius 3 is 2.57 bits per heavy atom. The summed E-state index contributed by atoms with van der Waals surface area (Å²) in [6.45, 7) is -0.0734. The first-order chi connectivity index (χ1) is 14.7. The summed E-state index contributed by atoms with van der Waals surface area (Å²) in [5, 5.41) is 8.73. The molecule has 0 saturated carbocycles. The Bertz CT molecular complexity index is 1150. The molecule has 0 spiro atoms. The van der Waals surface area contributed by atoms with Crippen molar-refractivity contribution in [1.29, 1.82) is 5.26 Å². The summed E-state index contributed by atoms with van der Waals surface area (Å²) >= 11 is 0. The van der Waals surface area contributed by atoms with E-state index < -0.39 is 6.10 Å². The summed E-state index contributed by atoms with van der Waals surface area (Å²) in [4.78, 5) is 13.3. The summed E-state index contributed by atoms with van der Waals surface area (Å²) in [5.41, 5.74) is 2.74. The maximum Gasteiger partial charge on any atom is 0.196 e. The fourth-order valence-corrected chi connectivity index (χ4v) is 3.42. The van der Waals surface area contributed by atoms with Gasteiger partial charge in [0.05, 0.1) is 12.7 Å². The first-order valence-electron chi connectivity index (χ1n) is 9.46. The number of para-hydroxylation sites is 1. The quantitative estimate of drug-likeness (QED) is 0.567. The Kier molecular flexibility index (Phi) is 5.49. The number of carbonyl (C=O) groups excluding carboxylic acids is 1. The summed E-state index contributed by atoms with van der Waals surface area (Å²) in [7, 11) is 1.53. The minimum Gasteiger partial charge on any atom is -0.493 e. The summed E-state index contributed by atoms with van der Waals surface area (Å²) in [6, 6.07) is 24.2. The maximum absolute atomic E-state index is 13.3. The van der Waals surface area contributed by atoms with Crippen LogP contribution in [-0.4, -0.2) is 19.5 Å². The number of Topliss-reactive ketones (excluding diaryl/α,β-unsaturated/α-hetero) is 1. The van der Waals surface area contributed by atoms with Gasteiger partial charge in [0.1, 0.15) is 11.8 Å². The van der Waals surface area contributed by atoms with E-state index in [2.05, 4.69) is 0 Å². The average Bonchev–Trinajstić information content (AvgIpc) is 2.80. The first-order valence-corrected chi connectivity index (χ1v) is 9.46. The molecule has 0 amide bonds. The van der Waals surface area contributed by atoms with E-state index in [1.54, 1.807) is 18.2 Å². The zero-order valence-corrected chi connectivity index (χ0v) is 16.4. The van der Waals surface area contributed by atoms with Gasteiger partial charge >= 0.3 is 0 Å². The first kappa shape index (κ1) is 19.3. The number of methoxy groups -OCH3 is 1. The topological polar surface area (TPSA) is 68.6 Å². The predicted octanol–water partition coefficient (Wildman–Crippen LogP) is 5.00. The molecule has 0 radical (unpaired) electrons. The fourth-order valence-electron chi connectivity index (χ4n) is 3.42. The van der Waals surface area contributed by atoms with Crippen LogP contribution in [0.3, 0.4) is 0 Å². The van der Waals surface area contributed by atoms with Crippen LogP contribution in [-0.2, 0) is 0 Å². The van der Waals surface area contributed by atoms with Crippen LogP contribution in [0, 0.1) is 11.3 Å². The van der Waals surface area contributed by atoms with Gasteiger partial charge in [-0.15, -0.1) is 0 Å². The highest BCUT2D eigenvalue weighted by Crippen LogP contribution is 2.39. The van der Waals surface area contributed by atoms with E-state index in [-0.39, 0.29) is 12.4 Å². The molecule has 0 fully saturated rings. The van der Waals surface area contributed by atoms with Crippen molar-refractivity contribution < 1.29 is 19.0 Å². The summed E-state index contributed by atoms with van der Waals surface area (Å²) in [5.74, 6) is 1.46. The second kappa shape index (κ2) is 8.54. The van der Waals surface area contributed by atoms with Gasteiger partial charge in [-0.05, 0) is 41.5 Å². The molecule has 30 heavy (non-hydrogen) atoms. The van der Waals surface area contributed by atoms with Gasteiger partial charge in [0.15, 0.2) is 30.0 Å². The van der Waals surface area contributed by atoms with Gasteiger partial charge in [0, 0.05) is 5.57 Å². The number of ether oxygens (including phenoxy) is 3. The van der Waals surface area contributed by atoms with Gasteiger partial charge < -0.3 is 14.2 Å². The monoisotopic (exact) mass is 397 g/mol. The van der Waals surface area contributed by atoms with Crippen LogP contribution in [0.25, 0.3) is 6.08 Å². The van der Waals surface area contributed by atoms with Crippen molar-refractivity contribution >= 4 is 11.9 Å². The third-order valence-electron chi connectivity index (χ3n) is 4.83. The molecule has 0 N–H and O–H groups in total. The molecule has 1 heterocycles. The minimum atomic E-state index is -0.519. The lowest BCUT2D eigenvalue weighted by molar-refractivity contribution is 0.0963. The summed E-state index contributed by atoms with van der Waals surface area (Å²) < 4.78 is 17.0. The smallest absolute Gasteiger partial charge is 0.196 e. The van der Waals surface area contributed by atoms with Crippen molar-refractivity contribution in [2.75, 3.05) is 13.7 Å². The van der Waals surface area contributed by atoms with Crippen LogP contribution in [0.15, 0.2) is 78.4 Å². The standard InChI is InChI=1S/C25H19NO4/c1-28-23-16-17(11-12-22(23)29-14-13-26)15-20-24(27)19-9-5-6-10-21(19)30-25(20)18-7-3-2-4-8-18/h2-12,15-16,25H,14H2,1H3/b20-15-/t25-/m0/s1. The van der Waals surface area contributed by atoms with Crippen molar-refractivity contribution in [1.82, 2.24) is 0 Å². The summed E-state index contributed by atoms with van der Waals surface area (Å²) in [6.07, 6.45) is 1.29. The molecule has 3 aromatic rings. The van der Waals surface area contributed by atoms with Gasteiger partial charge in [-0.2, -0.15) is 5.26 Å². The van der Waals surface area contributed by atoms with Crippen LogP contribution in [0.4, 0.5) is 0 Å². The van der Waals surface area contributed by atoms with E-state index in [1.165, 1.54) is 7.11 Å². The molecule has 0 aliphatic carbocycles. The van der Waals surface area contributed by atoms with Crippen molar-refractivity contribution in [3.05, 3.63) is 95.1 Å². The van der Waals surface area contributed by atoms with Crippen molar-refractivity contribution in [2.45, 2.75) is 6.10 Å². The zero-order valence-electron chi connectivity index (χ0n) is 16.4. The van der Waals surface area contributed by atoms with E-state index >= 15 is 0 Å². The Morgan fingerprint density at radius 1 is 1.03 bits per heavy atom. The number of ketones is 1. The molecule has 1 aliphatic rings. The van der Waals surface area contributed by atoms with Gasteiger partial charge in [-0.25, -0.2) is 0 Å². The van der Waals surface area contributed by atoms with Crippen molar-refractivity contribution in [2.24, 2.45) is 0 Å². The molecule has 5 nitrogen and oxygen atoms in total. The lowest BCUT2D eigenvalue weighted by atomic mass is 9.89. The van der Waals surface area contributed by atoms with Gasteiger partial charge in [0.25, 0.3) is 0 Å². The average molecular weight is 397 g/mol. The fraction of sp³-hybridized carbons (Fsp3) is 0.120. The molecule has 1 aliphatic heterocycles. The molecular formula is C25H19NO4. The van der Waals surface area contributed by atoms with Crippen LogP contribution >= 0.6 is 0 Å². The molecule has 3 aromatic carbocycles. The molecule has 0 aromatic heterocycles. The number of nitriles is 1. The molecule has 4 rings (SSSR count). The molecule has 0 saturated heterocycles. The SMILES string of the molecule is COc1cc(/C=C2/C(=O)c3ccccc3O[C@H]2c2ccccc2)ccc1OCC#N. The molecule has 5 heteroatoms. The normalized spacial score (nSPS) is 16.3. The van der Waals surface area contributed by atoms with Crippen molar-refractivity contribution in [3.8, 4) is 23.3 Å². The number of benzene rings is 3. The van der Waals surface area contributed by atoms with E-state index in [0.717, 1.165) is 11.1 Å². The Labute approximate surface area is 174 Å². The number of rotatable bonds is 5. The van der Waals surface area contributed by atoms with Crippen molar-refractivity contribution in [3.63, 3.8) is 0 Å².